The van der Waals surface area contributed by atoms with E-state index in [0.717, 1.165) is 0 Å². The van der Waals surface area contributed by atoms with Gasteiger partial charge in [0.25, 0.3) is 0 Å². The van der Waals surface area contributed by atoms with Gasteiger partial charge >= 0.3 is 0 Å². The zero-order valence-electron chi connectivity index (χ0n) is 10.4. The number of hydrogen-bond donors (Lipinski definition) is 1. The van der Waals surface area contributed by atoms with Crippen LogP contribution in [0.3, 0.4) is 0 Å². The molecule has 0 amide bonds. The summed E-state index contributed by atoms with van der Waals surface area (Å²) in [6.45, 7) is 0.561. The molecule has 1 saturated heterocycles. The van der Waals surface area contributed by atoms with Crippen LogP contribution < -0.4 is 5.32 Å². The molecule has 102 valence electrons. The third-order valence-electron chi connectivity index (χ3n) is 3.33. The molecule has 1 fully saturated rings. The summed E-state index contributed by atoms with van der Waals surface area (Å²) in [6.07, 6.45) is 1.36. The molecule has 1 aromatic rings. The predicted octanol–water partition coefficient (Wildman–Crippen LogP) is 1.36. The Kier molecular flexibility index (Phi) is 4.17. The van der Waals surface area contributed by atoms with Crippen LogP contribution >= 0.6 is 0 Å². The van der Waals surface area contributed by atoms with Crippen LogP contribution in [0.15, 0.2) is 18.2 Å². The van der Waals surface area contributed by atoms with Crippen LogP contribution in [0.2, 0.25) is 0 Å². The molecule has 0 saturated carbocycles. The molecule has 2 rings (SSSR count). The van der Waals surface area contributed by atoms with Gasteiger partial charge in [0.15, 0.2) is 9.84 Å². The van der Waals surface area contributed by atoms with Crippen LogP contribution in [0.1, 0.15) is 24.0 Å². The highest BCUT2D eigenvalue weighted by Crippen LogP contribution is 2.19. The van der Waals surface area contributed by atoms with Gasteiger partial charge in [-0.2, -0.15) is 5.26 Å². The zero-order valence-corrected chi connectivity index (χ0v) is 11.2. The molecular formula is C13H15FN2O2S. The standard InChI is InChI=1S/C13H15FN2O2S/c14-13-4-3-10(7-15)6-11(13)8-16-9-12-2-1-5-19(12,17)18/h3-4,6,12,16H,1-2,5,8-9H2. The Hall–Kier alpha value is -1.45. The first-order valence-electron chi connectivity index (χ1n) is 6.14. The molecule has 1 atom stereocenters. The Morgan fingerprint density at radius 3 is 2.89 bits per heavy atom. The van der Waals surface area contributed by atoms with Gasteiger partial charge in [-0.05, 0) is 31.0 Å². The van der Waals surface area contributed by atoms with E-state index in [0.29, 0.717) is 30.5 Å². The summed E-state index contributed by atoms with van der Waals surface area (Å²) >= 11 is 0. The second-order valence-corrected chi connectivity index (χ2v) is 7.08. The number of hydrogen-bond acceptors (Lipinski definition) is 4. The molecule has 0 spiro atoms. The maximum atomic E-state index is 13.5. The van der Waals surface area contributed by atoms with Crippen molar-refractivity contribution >= 4 is 9.84 Å². The van der Waals surface area contributed by atoms with Gasteiger partial charge in [-0.15, -0.1) is 0 Å². The van der Waals surface area contributed by atoms with Gasteiger partial charge < -0.3 is 5.32 Å². The molecule has 0 radical (unpaired) electrons. The summed E-state index contributed by atoms with van der Waals surface area (Å²) in [5.74, 6) is -0.141. The highest BCUT2D eigenvalue weighted by atomic mass is 32.2. The lowest BCUT2D eigenvalue weighted by atomic mass is 10.1. The Morgan fingerprint density at radius 1 is 1.47 bits per heavy atom. The summed E-state index contributed by atoms with van der Waals surface area (Å²) in [5.41, 5.74) is 0.779. The predicted molar refractivity (Wildman–Crippen MR) is 69.6 cm³/mol. The average Bonchev–Trinajstić information content (AvgIpc) is 2.71. The summed E-state index contributed by atoms with van der Waals surface area (Å²) in [5, 5.41) is 11.3. The van der Waals surface area contributed by atoms with Gasteiger partial charge in [0.05, 0.1) is 22.6 Å². The Morgan fingerprint density at radius 2 is 2.26 bits per heavy atom. The molecule has 0 aromatic heterocycles. The summed E-state index contributed by atoms with van der Waals surface area (Å²) in [6, 6.07) is 6.10. The lowest BCUT2D eigenvalue weighted by Gasteiger charge is -2.11. The van der Waals surface area contributed by atoms with Gasteiger partial charge in [-0.1, -0.05) is 0 Å². The maximum absolute atomic E-state index is 13.5. The van der Waals surface area contributed by atoms with Crippen molar-refractivity contribution in [2.45, 2.75) is 24.6 Å². The summed E-state index contributed by atoms with van der Waals surface area (Å²) in [7, 11) is -2.97. The number of nitrogens with zero attached hydrogens (tertiary/aromatic N) is 1. The van der Waals surface area contributed by atoms with Crippen LogP contribution in [-0.2, 0) is 16.4 Å². The van der Waals surface area contributed by atoms with E-state index in [1.54, 1.807) is 0 Å². The lowest BCUT2D eigenvalue weighted by molar-refractivity contribution is 0.562. The first kappa shape index (κ1) is 14.0. The number of halogens is 1. The van der Waals surface area contributed by atoms with Crippen molar-refractivity contribution in [2.75, 3.05) is 12.3 Å². The van der Waals surface area contributed by atoms with Crippen molar-refractivity contribution in [2.24, 2.45) is 0 Å². The van der Waals surface area contributed by atoms with Gasteiger partial charge in [-0.25, -0.2) is 12.8 Å². The summed E-state index contributed by atoms with van der Waals surface area (Å²) in [4.78, 5) is 0. The van der Waals surface area contributed by atoms with E-state index in [9.17, 15) is 12.8 Å². The minimum Gasteiger partial charge on any atom is -0.311 e. The molecule has 1 aromatic carbocycles. The van der Waals surface area contributed by atoms with Crippen molar-refractivity contribution in [1.82, 2.24) is 5.32 Å². The first-order chi connectivity index (χ1) is 9.03. The van der Waals surface area contributed by atoms with Crippen LogP contribution in [0.25, 0.3) is 0 Å². The molecular weight excluding hydrogens is 267 g/mol. The van der Waals surface area contributed by atoms with E-state index >= 15 is 0 Å². The van der Waals surface area contributed by atoms with Crippen molar-refractivity contribution in [3.63, 3.8) is 0 Å². The monoisotopic (exact) mass is 282 g/mol. The lowest BCUT2D eigenvalue weighted by Crippen LogP contribution is -2.30. The number of nitrogens with one attached hydrogen (secondary N) is 1. The van der Waals surface area contributed by atoms with Gasteiger partial charge in [0.1, 0.15) is 5.82 Å². The zero-order chi connectivity index (χ0) is 13.9. The molecule has 1 aliphatic heterocycles. The second-order valence-electron chi connectivity index (χ2n) is 4.68. The topological polar surface area (TPSA) is 70.0 Å². The normalized spacial score (nSPS) is 21.2. The molecule has 0 bridgehead atoms. The molecule has 1 aliphatic rings. The van der Waals surface area contributed by atoms with Crippen LogP contribution in [0.4, 0.5) is 4.39 Å². The molecule has 1 N–H and O–H groups in total. The number of sulfone groups is 1. The smallest absolute Gasteiger partial charge is 0.154 e. The van der Waals surface area contributed by atoms with Crippen LogP contribution in [-0.4, -0.2) is 26.0 Å². The van der Waals surface area contributed by atoms with Crippen molar-refractivity contribution in [1.29, 1.82) is 5.26 Å². The molecule has 4 nitrogen and oxygen atoms in total. The molecule has 19 heavy (non-hydrogen) atoms. The SMILES string of the molecule is N#Cc1ccc(F)c(CNCC2CCCS2(=O)=O)c1. The minimum atomic E-state index is -2.97. The largest absolute Gasteiger partial charge is 0.311 e. The molecule has 0 aliphatic carbocycles. The molecule has 6 heteroatoms. The average molecular weight is 282 g/mol. The minimum absolute atomic E-state index is 0.230. The number of nitriles is 1. The van der Waals surface area contributed by atoms with Gasteiger partial charge in [0, 0.05) is 18.7 Å². The quantitative estimate of drug-likeness (QED) is 0.905. The fourth-order valence-corrected chi connectivity index (χ4v) is 4.03. The van der Waals surface area contributed by atoms with Crippen molar-refractivity contribution in [3.05, 3.63) is 35.1 Å². The van der Waals surface area contributed by atoms with Crippen LogP contribution in [0.5, 0.6) is 0 Å². The fraction of sp³-hybridized carbons (Fsp3) is 0.462. The van der Waals surface area contributed by atoms with E-state index in [2.05, 4.69) is 5.32 Å². The van der Waals surface area contributed by atoms with E-state index in [4.69, 9.17) is 5.26 Å². The first-order valence-corrected chi connectivity index (χ1v) is 7.85. The van der Waals surface area contributed by atoms with E-state index in [1.807, 2.05) is 6.07 Å². The second kappa shape index (κ2) is 5.68. The van der Waals surface area contributed by atoms with E-state index in [1.165, 1.54) is 18.2 Å². The highest BCUT2D eigenvalue weighted by Gasteiger charge is 2.30. The Bertz CT molecular complexity index is 608. The van der Waals surface area contributed by atoms with E-state index in [-0.39, 0.29) is 23.4 Å². The van der Waals surface area contributed by atoms with Crippen molar-refractivity contribution in [3.8, 4) is 6.07 Å². The summed E-state index contributed by atoms with van der Waals surface area (Å²) < 4.78 is 36.7. The Balaban J connectivity index is 1.95. The van der Waals surface area contributed by atoms with Crippen LogP contribution in [0, 0.1) is 17.1 Å². The third-order valence-corrected chi connectivity index (χ3v) is 5.60. The molecule has 1 heterocycles. The maximum Gasteiger partial charge on any atom is 0.154 e. The Labute approximate surface area is 112 Å². The highest BCUT2D eigenvalue weighted by molar-refractivity contribution is 7.92. The van der Waals surface area contributed by atoms with Crippen molar-refractivity contribution < 1.29 is 12.8 Å². The number of benzene rings is 1. The number of rotatable bonds is 4. The van der Waals surface area contributed by atoms with Gasteiger partial charge in [0.2, 0.25) is 0 Å². The third kappa shape index (κ3) is 3.31. The fourth-order valence-electron chi connectivity index (χ4n) is 2.24. The molecule has 1 unspecified atom stereocenters. The van der Waals surface area contributed by atoms with Gasteiger partial charge in [-0.3, -0.25) is 0 Å². The van der Waals surface area contributed by atoms with E-state index < -0.39 is 9.84 Å².